The third-order valence-electron chi connectivity index (χ3n) is 3.91. The predicted octanol–water partition coefficient (Wildman–Crippen LogP) is 3.88. The third-order valence-corrected chi connectivity index (χ3v) is 3.91. The molecular formula is C16H24FN. The van der Waals surface area contributed by atoms with Gasteiger partial charge in [0.25, 0.3) is 0 Å². The highest BCUT2D eigenvalue weighted by molar-refractivity contribution is 5.16. The minimum atomic E-state index is -0.140. The quantitative estimate of drug-likeness (QED) is 0.769. The van der Waals surface area contributed by atoms with Gasteiger partial charge in [0.15, 0.2) is 0 Å². The molecule has 0 bridgehead atoms. The molecule has 1 saturated heterocycles. The summed E-state index contributed by atoms with van der Waals surface area (Å²) in [6, 6.07) is 6.98. The van der Waals surface area contributed by atoms with Crippen LogP contribution in [0.5, 0.6) is 0 Å². The first-order chi connectivity index (χ1) is 8.45. The molecular weight excluding hydrogens is 225 g/mol. The molecule has 0 aromatic heterocycles. The van der Waals surface area contributed by atoms with Gasteiger partial charge in [-0.1, -0.05) is 12.1 Å². The zero-order valence-electron chi connectivity index (χ0n) is 11.7. The lowest BCUT2D eigenvalue weighted by atomic mass is 9.89. The molecule has 0 amide bonds. The Balaban J connectivity index is 1.95. The molecule has 0 saturated carbocycles. The number of piperidine rings is 1. The molecule has 1 heterocycles. The number of hydrogen-bond acceptors (Lipinski definition) is 1. The molecule has 1 aromatic rings. The molecule has 1 aromatic carbocycles. The van der Waals surface area contributed by atoms with Crippen LogP contribution in [0, 0.1) is 11.7 Å². The van der Waals surface area contributed by atoms with Gasteiger partial charge in [0.2, 0.25) is 0 Å². The lowest BCUT2D eigenvalue weighted by Crippen LogP contribution is -2.47. The Bertz CT molecular complexity index is 377. The molecule has 1 aliphatic heterocycles. The average Bonchev–Trinajstić information content (AvgIpc) is 2.31. The second-order valence-electron chi connectivity index (χ2n) is 6.46. The van der Waals surface area contributed by atoms with E-state index < -0.39 is 0 Å². The number of rotatable bonds is 2. The van der Waals surface area contributed by atoms with Crippen LogP contribution in [-0.4, -0.2) is 23.5 Å². The van der Waals surface area contributed by atoms with E-state index in [9.17, 15) is 4.39 Å². The first-order valence-electron chi connectivity index (χ1n) is 6.94. The number of nitrogens with zero attached hydrogens (tertiary/aromatic N) is 1. The fraction of sp³-hybridized carbons (Fsp3) is 0.625. The van der Waals surface area contributed by atoms with E-state index in [0.29, 0.717) is 5.92 Å². The summed E-state index contributed by atoms with van der Waals surface area (Å²) in [6.07, 6.45) is 3.65. The molecule has 18 heavy (non-hydrogen) atoms. The van der Waals surface area contributed by atoms with Gasteiger partial charge in [0.1, 0.15) is 5.82 Å². The van der Waals surface area contributed by atoms with Gasteiger partial charge in [-0.25, -0.2) is 4.39 Å². The van der Waals surface area contributed by atoms with Crippen LogP contribution in [0.1, 0.15) is 39.2 Å². The van der Waals surface area contributed by atoms with E-state index in [-0.39, 0.29) is 11.4 Å². The van der Waals surface area contributed by atoms with E-state index in [0.717, 1.165) is 6.42 Å². The second-order valence-corrected chi connectivity index (χ2v) is 6.46. The van der Waals surface area contributed by atoms with Crippen LogP contribution in [0.25, 0.3) is 0 Å². The molecule has 1 fully saturated rings. The zero-order chi connectivity index (χ0) is 13.2. The van der Waals surface area contributed by atoms with Crippen molar-refractivity contribution in [2.24, 2.45) is 5.92 Å². The van der Waals surface area contributed by atoms with Crippen molar-refractivity contribution in [3.8, 4) is 0 Å². The van der Waals surface area contributed by atoms with E-state index in [1.807, 2.05) is 12.1 Å². The Kier molecular flexibility index (Phi) is 4.06. The van der Waals surface area contributed by atoms with Crippen molar-refractivity contribution in [3.05, 3.63) is 35.6 Å². The van der Waals surface area contributed by atoms with Crippen LogP contribution in [-0.2, 0) is 6.42 Å². The van der Waals surface area contributed by atoms with E-state index in [1.165, 1.54) is 31.5 Å². The van der Waals surface area contributed by atoms with Crippen molar-refractivity contribution in [2.75, 3.05) is 13.1 Å². The Morgan fingerprint density at radius 3 is 2.50 bits per heavy atom. The Morgan fingerprint density at radius 2 is 1.89 bits per heavy atom. The van der Waals surface area contributed by atoms with Crippen LogP contribution in [0.4, 0.5) is 4.39 Å². The van der Waals surface area contributed by atoms with E-state index >= 15 is 0 Å². The number of benzene rings is 1. The fourth-order valence-corrected chi connectivity index (χ4v) is 2.79. The number of halogens is 1. The molecule has 2 rings (SSSR count). The van der Waals surface area contributed by atoms with Crippen LogP contribution in [0.2, 0.25) is 0 Å². The van der Waals surface area contributed by atoms with Crippen LogP contribution < -0.4 is 0 Å². The van der Waals surface area contributed by atoms with Crippen molar-refractivity contribution in [1.29, 1.82) is 0 Å². The van der Waals surface area contributed by atoms with Gasteiger partial charge in [0.05, 0.1) is 0 Å². The summed E-state index contributed by atoms with van der Waals surface area (Å²) in [7, 11) is 0. The van der Waals surface area contributed by atoms with Crippen molar-refractivity contribution in [3.63, 3.8) is 0 Å². The predicted molar refractivity (Wildman–Crippen MR) is 74.2 cm³/mol. The standard InChI is InChI=1S/C16H24FN/c1-16(2,3)18-10-4-5-14(12-18)11-13-6-8-15(17)9-7-13/h6-9,14H,4-5,10-12H2,1-3H3/t14-/m0/s1. The Hall–Kier alpha value is -0.890. The van der Waals surface area contributed by atoms with Crippen LogP contribution >= 0.6 is 0 Å². The highest BCUT2D eigenvalue weighted by atomic mass is 19.1. The van der Waals surface area contributed by atoms with E-state index in [1.54, 1.807) is 12.1 Å². The molecule has 0 N–H and O–H groups in total. The maximum Gasteiger partial charge on any atom is 0.123 e. The monoisotopic (exact) mass is 249 g/mol. The molecule has 100 valence electrons. The minimum absolute atomic E-state index is 0.140. The average molecular weight is 249 g/mol. The second kappa shape index (κ2) is 5.40. The zero-order valence-corrected chi connectivity index (χ0v) is 11.7. The molecule has 0 aliphatic carbocycles. The summed E-state index contributed by atoms with van der Waals surface area (Å²) < 4.78 is 12.9. The topological polar surface area (TPSA) is 3.24 Å². The molecule has 0 spiro atoms. The van der Waals surface area contributed by atoms with E-state index in [2.05, 4.69) is 25.7 Å². The van der Waals surface area contributed by atoms with Crippen molar-refractivity contribution in [1.82, 2.24) is 4.90 Å². The van der Waals surface area contributed by atoms with Crippen LogP contribution in [0.15, 0.2) is 24.3 Å². The van der Waals surface area contributed by atoms with Gasteiger partial charge >= 0.3 is 0 Å². The van der Waals surface area contributed by atoms with Gasteiger partial charge in [-0.3, -0.25) is 4.90 Å². The Labute approximate surface area is 110 Å². The molecule has 1 aliphatic rings. The summed E-state index contributed by atoms with van der Waals surface area (Å²) in [5.41, 5.74) is 1.53. The fourth-order valence-electron chi connectivity index (χ4n) is 2.79. The van der Waals surface area contributed by atoms with Gasteiger partial charge in [0, 0.05) is 12.1 Å². The summed E-state index contributed by atoms with van der Waals surface area (Å²) in [5.74, 6) is 0.571. The largest absolute Gasteiger partial charge is 0.298 e. The van der Waals surface area contributed by atoms with Crippen molar-refractivity contribution >= 4 is 0 Å². The maximum atomic E-state index is 12.9. The highest BCUT2D eigenvalue weighted by Gasteiger charge is 2.27. The van der Waals surface area contributed by atoms with Gasteiger partial charge in [-0.05, 0) is 70.2 Å². The third kappa shape index (κ3) is 3.55. The van der Waals surface area contributed by atoms with Crippen LogP contribution in [0.3, 0.4) is 0 Å². The number of likely N-dealkylation sites (tertiary alicyclic amines) is 1. The maximum absolute atomic E-state index is 12.9. The normalized spacial score (nSPS) is 22.1. The highest BCUT2D eigenvalue weighted by Crippen LogP contribution is 2.26. The lowest BCUT2D eigenvalue weighted by molar-refractivity contribution is 0.0790. The molecule has 2 heteroatoms. The smallest absolute Gasteiger partial charge is 0.123 e. The first kappa shape index (κ1) is 13.5. The molecule has 0 radical (unpaired) electrons. The summed E-state index contributed by atoms with van der Waals surface area (Å²) >= 11 is 0. The summed E-state index contributed by atoms with van der Waals surface area (Å²) in [5, 5.41) is 0. The summed E-state index contributed by atoms with van der Waals surface area (Å²) in [4.78, 5) is 2.57. The Morgan fingerprint density at radius 1 is 1.22 bits per heavy atom. The van der Waals surface area contributed by atoms with Gasteiger partial charge in [-0.2, -0.15) is 0 Å². The van der Waals surface area contributed by atoms with E-state index in [4.69, 9.17) is 0 Å². The minimum Gasteiger partial charge on any atom is -0.298 e. The first-order valence-corrected chi connectivity index (χ1v) is 6.94. The molecule has 1 atom stereocenters. The molecule has 1 nitrogen and oxygen atoms in total. The van der Waals surface area contributed by atoms with Gasteiger partial charge in [-0.15, -0.1) is 0 Å². The number of hydrogen-bond donors (Lipinski definition) is 0. The summed E-state index contributed by atoms with van der Waals surface area (Å²) in [6.45, 7) is 9.23. The lowest BCUT2D eigenvalue weighted by Gasteiger charge is -2.41. The van der Waals surface area contributed by atoms with Gasteiger partial charge < -0.3 is 0 Å². The molecule has 0 unspecified atom stereocenters. The van der Waals surface area contributed by atoms with Crippen molar-refractivity contribution in [2.45, 2.75) is 45.6 Å². The SMILES string of the molecule is CC(C)(C)N1CCC[C@@H](Cc2ccc(F)cc2)C1. The van der Waals surface area contributed by atoms with Crippen molar-refractivity contribution < 1.29 is 4.39 Å².